The molecule has 0 fully saturated rings. The van der Waals surface area contributed by atoms with Gasteiger partial charge in [0.15, 0.2) is 12.4 Å². The molecule has 0 saturated heterocycles. The van der Waals surface area contributed by atoms with E-state index in [9.17, 15) is 19.5 Å². The zero-order valence-corrected chi connectivity index (χ0v) is 60.8. The van der Waals surface area contributed by atoms with Gasteiger partial charge in [0.2, 0.25) is 0 Å². The molecule has 9 heteroatoms. The van der Waals surface area contributed by atoms with Crippen LogP contribution in [0.2, 0.25) is 0 Å². The number of esters is 2. The number of carboxylic acid groups (broad SMARTS) is 1. The van der Waals surface area contributed by atoms with E-state index in [-0.39, 0.29) is 38.6 Å². The van der Waals surface area contributed by atoms with Gasteiger partial charge in [-0.15, -0.1) is 0 Å². The van der Waals surface area contributed by atoms with Crippen LogP contribution in [0.1, 0.15) is 322 Å². The van der Waals surface area contributed by atoms with Crippen LogP contribution in [0.3, 0.4) is 0 Å². The molecule has 0 aromatic heterocycles. The maximum Gasteiger partial charge on any atom is 0.306 e. The Morgan fingerprint density at radius 2 is 0.613 bits per heavy atom. The number of carbonyl (C=O) groups is 3. The summed E-state index contributed by atoms with van der Waals surface area (Å²) in [6, 6.07) is 0. The second kappa shape index (κ2) is 73.2. The number of unbranched alkanes of at least 4 members (excludes halogenated alkanes) is 33. The predicted octanol–water partition coefficient (Wildman–Crippen LogP) is 23.1. The number of rotatable bonds is 70. The molecule has 0 aliphatic rings. The number of carbonyl (C=O) groups excluding carboxylic acids is 3. The molecule has 0 radical (unpaired) electrons. The van der Waals surface area contributed by atoms with Crippen molar-refractivity contribution in [1.82, 2.24) is 0 Å². The van der Waals surface area contributed by atoms with Gasteiger partial charge in [-0.3, -0.25) is 9.59 Å². The molecule has 0 aliphatic heterocycles. The van der Waals surface area contributed by atoms with E-state index in [4.69, 9.17) is 18.9 Å². The van der Waals surface area contributed by atoms with Crippen molar-refractivity contribution in [1.29, 1.82) is 0 Å². The van der Waals surface area contributed by atoms with E-state index in [1.807, 2.05) is 21.1 Å². The van der Waals surface area contributed by atoms with Crippen molar-refractivity contribution >= 4 is 17.9 Å². The van der Waals surface area contributed by atoms with Crippen molar-refractivity contribution in [3.05, 3.63) is 134 Å². The molecule has 2 atom stereocenters. The average molecular weight is 1300 g/mol. The molecule has 2 unspecified atom stereocenters. The molecule has 0 aromatic carbocycles. The minimum Gasteiger partial charge on any atom is -0.545 e. The molecular formula is C84H143NO8. The summed E-state index contributed by atoms with van der Waals surface area (Å²) in [5.41, 5.74) is 0. The van der Waals surface area contributed by atoms with Crippen LogP contribution in [-0.2, 0) is 33.3 Å². The second-order valence-electron chi connectivity index (χ2n) is 26.6. The predicted molar refractivity (Wildman–Crippen MR) is 398 cm³/mol. The Kier molecular flexibility index (Phi) is 69.6. The highest BCUT2D eigenvalue weighted by Gasteiger charge is 2.22. The zero-order chi connectivity index (χ0) is 67.5. The lowest BCUT2D eigenvalue weighted by molar-refractivity contribution is -0.870. The number of allylic oxidation sites excluding steroid dienone is 22. The first-order valence-electron chi connectivity index (χ1n) is 38.3. The van der Waals surface area contributed by atoms with E-state index in [1.54, 1.807) is 0 Å². The molecule has 0 rings (SSSR count). The highest BCUT2D eigenvalue weighted by molar-refractivity contribution is 5.70. The summed E-state index contributed by atoms with van der Waals surface area (Å²) < 4.78 is 22.8. The molecular weight excluding hydrogens is 1150 g/mol. The normalized spacial score (nSPS) is 13.4. The fourth-order valence-corrected chi connectivity index (χ4v) is 10.6. The van der Waals surface area contributed by atoms with Crippen LogP contribution in [0.15, 0.2) is 134 Å². The van der Waals surface area contributed by atoms with Gasteiger partial charge >= 0.3 is 11.9 Å². The Bertz CT molecular complexity index is 2000. The number of likely N-dealkylation sites (N-methyl/N-ethyl adjacent to an activating group) is 1. The van der Waals surface area contributed by atoms with Gasteiger partial charge in [0, 0.05) is 12.8 Å². The lowest BCUT2D eigenvalue weighted by Gasteiger charge is -2.26. The average Bonchev–Trinajstić information content (AvgIpc) is 3.38. The van der Waals surface area contributed by atoms with Crippen molar-refractivity contribution in [2.45, 2.75) is 334 Å². The highest BCUT2D eigenvalue weighted by atomic mass is 16.7. The summed E-state index contributed by atoms with van der Waals surface area (Å²) in [7, 11) is 5.92. The monoisotopic (exact) mass is 1290 g/mol. The number of aliphatic carboxylic acids is 1. The van der Waals surface area contributed by atoms with Gasteiger partial charge < -0.3 is 33.3 Å². The van der Waals surface area contributed by atoms with E-state index >= 15 is 0 Å². The number of quaternary nitrogens is 1. The number of nitrogens with zero attached hydrogens (tertiary/aromatic N) is 1. The molecule has 0 aliphatic carbocycles. The third-order valence-corrected chi connectivity index (χ3v) is 16.4. The summed E-state index contributed by atoms with van der Waals surface area (Å²) >= 11 is 0. The third kappa shape index (κ3) is 74.7. The topological polar surface area (TPSA) is 111 Å². The van der Waals surface area contributed by atoms with Crippen molar-refractivity contribution in [3.8, 4) is 0 Å². The number of hydrogen-bond donors (Lipinski definition) is 0. The van der Waals surface area contributed by atoms with Gasteiger partial charge in [0.05, 0.1) is 40.3 Å². The van der Waals surface area contributed by atoms with Crippen LogP contribution >= 0.6 is 0 Å². The van der Waals surface area contributed by atoms with Crippen molar-refractivity contribution in [2.75, 3.05) is 47.5 Å². The molecule has 0 heterocycles. The molecule has 0 saturated carbocycles. The Hall–Kier alpha value is -4.57. The summed E-state index contributed by atoms with van der Waals surface area (Å²) in [4.78, 5) is 37.6. The standard InChI is InChI=1S/C84H143NO8/c1-6-8-10-12-14-16-18-20-22-24-26-28-30-32-34-36-37-38-39-40-41-42-43-44-45-47-49-51-53-55-57-59-61-63-65-67-69-71-73-75-82(87)93-80(79-92-84(83(88)89)90-77-76-85(3,4)5)78-91-81(86)74-72-70-68-66-64-62-60-58-56-54-52-50-48-46-35-33-31-29-27-25-23-21-19-17-15-13-11-9-7-2/h8,10,14,16,20,22,26,28,32,34,37-38,40-41,43-44,47,49,53,55,59,61,80,84H,6-7,9,11-13,15,17-19,21,23-25,27,29-31,33,35-36,39,42,45-46,48,50-52,54,56-58,60,62-79H2,1-5H3/b10-8-,16-14-,22-20-,28-26-,34-32-,38-37-,41-40-,44-43-,49-47-,55-53-,61-59-. The Morgan fingerprint density at radius 3 is 0.914 bits per heavy atom. The minimum absolute atomic E-state index is 0.139. The maximum absolute atomic E-state index is 13.0. The molecule has 0 aromatic rings. The fourth-order valence-electron chi connectivity index (χ4n) is 10.6. The molecule has 9 nitrogen and oxygen atoms in total. The smallest absolute Gasteiger partial charge is 0.306 e. The van der Waals surface area contributed by atoms with Crippen LogP contribution < -0.4 is 5.11 Å². The van der Waals surface area contributed by atoms with Crippen molar-refractivity contribution in [2.24, 2.45) is 0 Å². The summed E-state index contributed by atoms with van der Waals surface area (Å²) in [6.45, 7) is 4.64. The van der Waals surface area contributed by atoms with Crippen molar-refractivity contribution in [3.63, 3.8) is 0 Å². The summed E-state index contributed by atoms with van der Waals surface area (Å²) in [6.07, 6.45) is 103. The number of hydrogen-bond acceptors (Lipinski definition) is 8. The SMILES string of the molecule is CC/C=C\C/C=C\C/C=C\C/C=C\C/C=C\C/C=C\C/C=C\C/C=C\C/C=C\C/C=C\C/C=C\CCCCCCCC(=O)OC(COC(=O)CCCCCCCCCCCCCCCCCCCCCCCCCCCCCCC)COC(OCC[N+](C)(C)C)C(=O)[O-]. The molecule has 0 amide bonds. The zero-order valence-electron chi connectivity index (χ0n) is 60.8. The lowest BCUT2D eigenvalue weighted by atomic mass is 10.0. The number of ether oxygens (including phenoxy) is 4. The minimum atomic E-state index is -1.63. The molecule has 93 heavy (non-hydrogen) atoms. The largest absolute Gasteiger partial charge is 0.545 e. The number of carboxylic acids is 1. The van der Waals surface area contributed by atoms with E-state index in [0.717, 1.165) is 122 Å². The van der Waals surface area contributed by atoms with Crippen LogP contribution in [0, 0.1) is 0 Å². The highest BCUT2D eigenvalue weighted by Crippen LogP contribution is 2.18. The van der Waals surface area contributed by atoms with E-state index < -0.39 is 24.3 Å². The fraction of sp³-hybridized carbons (Fsp3) is 0.702. The third-order valence-electron chi connectivity index (χ3n) is 16.4. The first kappa shape index (κ1) is 88.4. The van der Waals surface area contributed by atoms with E-state index in [0.29, 0.717) is 17.4 Å². The lowest BCUT2D eigenvalue weighted by Crippen LogP contribution is -2.44. The molecule has 0 bridgehead atoms. The van der Waals surface area contributed by atoms with Gasteiger partial charge in [-0.25, -0.2) is 0 Å². The second-order valence-corrected chi connectivity index (χ2v) is 26.6. The quantitative estimate of drug-likeness (QED) is 0.0195. The first-order chi connectivity index (χ1) is 45.6. The van der Waals surface area contributed by atoms with E-state index in [1.165, 1.54) is 167 Å². The van der Waals surface area contributed by atoms with Crippen LogP contribution in [0.25, 0.3) is 0 Å². The Labute approximate surface area is 573 Å². The van der Waals surface area contributed by atoms with Crippen LogP contribution in [0.4, 0.5) is 0 Å². The van der Waals surface area contributed by atoms with Crippen molar-refractivity contribution < 1.29 is 42.9 Å². The molecule has 0 N–H and O–H groups in total. The Balaban J connectivity index is 4.16. The summed E-state index contributed by atoms with van der Waals surface area (Å²) in [5, 5.41) is 11.8. The Morgan fingerprint density at radius 1 is 0.333 bits per heavy atom. The first-order valence-corrected chi connectivity index (χ1v) is 38.3. The van der Waals surface area contributed by atoms with Gasteiger partial charge in [0.1, 0.15) is 13.2 Å². The van der Waals surface area contributed by atoms with Crippen LogP contribution in [0.5, 0.6) is 0 Å². The van der Waals surface area contributed by atoms with E-state index in [2.05, 4.69) is 148 Å². The molecule has 0 spiro atoms. The molecule has 532 valence electrons. The maximum atomic E-state index is 13.0. The van der Waals surface area contributed by atoms with Gasteiger partial charge in [0.25, 0.3) is 0 Å². The van der Waals surface area contributed by atoms with Gasteiger partial charge in [-0.05, 0) is 96.3 Å². The van der Waals surface area contributed by atoms with Crippen LogP contribution in [-0.4, -0.2) is 82.3 Å². The summed E-state index contributed by atoms with van der Waals surface area (Å²) in [5.74, 6) is -2.31. The van der Waals surface area contributed by atoms with Gasteiger partial charge in [-0.1, -0.05) is 347 Å². The van der Waals surface area contributed by atoms with Gasteiger partial charge in [-0.2, -0.15) is 0 Å².